The van der Waals surface area contributed by atoms with E-state index in [0.717, 1.165) is 38.9 Å². The number of fused-ring (bicyclic) bond motifs is 1. The summed E-state index contributed by atoms with van der Waals surface area (Å²) in [5.74, 6) is 0.941. The Morgan fingerprint density at radius 3 is 2.80 bits per heavy atom. The second kappa shape index (κ2) is 5.07. The van der Waals surface area contributed by atoms with Crippen LogP contribution < -0.4 is 15.5 Å². The van der Waals surface area contributed by atoms with Crippen molar-refractivity contribution < 1.29 is 4.79 Å². The molecule has 1 saturated heterocycles. The number of amides is 1. The molecule has 3 N–H and O–H groups in total. The Hall–Kier alpha value is -2.18. The van der Waals surface area contributed by atoms with E-state index in [-0.39, 0.29) is 11.7 Å². The average molecular weight is 274 g/mol. The maximum Gasteiger partial charge on any atom is 0.276 e. The zero-order valence-electron chi connectivity index (χ0n) is 11.5. The lowest BCUT2D eigenvalue weighted by molar-refractivity contribution is 0.0978. The Kier molecular flexibility index (Phi) is 3.25. The van der Waals surface area contributed by atoms with Gasteiger partial charge in [0.15, 0.2) is 0 Å². The number of hydrogen-bond donors (Lipinski definition) is 3. The first kappa shape index (κ1) is 12.8. The number of carbonyl (C=O) groups is 1. The molecule has 0 atom stereocenters. The summed E-state index contributed by atoms with van der Waals surface area (Å²) in [4.78, 5) is 22.8. The van der Waals surface area contributed by atoms with Crippen molar-refractivity contribution in [3.63, 3.8) is 0 Å². The number of hydrogen-bond acceptors (Lipinski definition) is 6. The van der Waals surface area contributed by atoms with Gasteiger partial charge in [-0.1, -0.05) is 6.92 Å². The van der Waals surface area contributed by atoms with E-state index in [9.17, 15) is 4.79 Å². The van der Waals surface area contributed by atoms with Gasteiger partial charge in [0.1, 0.15) is 17.3 Å². The first-order valence-corrected chi connectivity index (χ1v) is 7.02. The predicted octanol–water partition coefficient (Wildman–Crippen LogP) is 0.967. The molecule has 1 aromatic rings. The lowest BCUT2D eigenvalue weighted by Crippen LogP contribution is -2.23. The largest absolute Gasteiger partial charge is 0.369 e. The van der Waals surface area contributed by atoms with Crippen LogP contribution in [0.1, 0.15) is 42.2 Å². The number of nitrogens with zero attached hydrogens (tertiary/aromatic N) is 3. The van der Waals surface area contributed by atoms with E-state index in [4.69, 9.17) is 5.41 Å². The molecule has 0 aliphatic carbocycles. The molecule has 0 bridgehead atoms. The third-order valence-corrected chi connectivity index (χ3v) is 3.53. The second-order valence-electron chi connectivity index (χ2n) is 5.05. The molecule has 2 aliphatic rings. The summed E-state index contributed by atoms with van der Waals surface area (Å²) >= 11 is 0. The van der Waals surface area contributed by atoms with Crippen LogP contribution in [0.5, 0.6) is 0 Å². The highest BCUT2D eigenvalue weighted by Crippen LogP contribution is 2.26. The lowest BCUT2D eigenvalue weighted by atomic mass is 10.2. The Morgan fingerprint density at radius 1 is 1.35 bits per heavy atom. The van der Waals surface area contributed by atoms with Crippen molar-refractivity contribution in [3.05, 3.63) is 11.3 Å². The summed E-state index contributed by atoms with van der Waals surface area (Å²) in [5, 5.41) is 13.6. The van der Waals surface area contributed by atoms with Gasteiger partial charge >= 0.3 is 0 Å². The zero-order valence-corrected chi connectivity index (χ0v) is 11.5. The highest BCUT2D eigenvalue weighted by molar-refractivity contribution is 6.23. The van der Waals surface area contributed by atoms with Crippen molar-refractivity contribution in [3.8, 4) is 0 Å². The van der Waals surface area contributed by atoms with Crippen LogP contribution >= 0.6 is 0 Å². The fraction of sp³-hybridized carbons (Fsp3) is 0.538. The minimum Gasteiger partial charge on any atom is -0.369 e. The molecule has 7 heteroatoms. The van der Waals surface area contributed by atoms with Crippen molar-refractivity contribution in [1.82, 2.24) is 15.3 Å². The number of anilines is 2. The standard InChI is InChI=1S/C13H18N6O/c1-2-5-15-11-8-9(12(20)17-10(8)14)16-13(18-11)19-6-3-4-7-19/h2-7H2,1H3,(H2,14,17,20)(H,15,16,18). The van der Waals surface area contributed by atoms with Crippen LogP contribution in [0.25, 0.3) is 0 Å². The molecule has 20 heavy (non-hydrogen) atoms. The summed E-state index contributed by atoms with van der Waals surface area (Å²) < 4.78 is 0. The van der Waals surface area contributed by atoms with Crippen LogP contribution in [0.15, 0.2) is 0 Å². The molecular weight excluding hydrogens is 256 g/mol. The highest BCUT2D eigenvalue weighted by Gasteiger charge is 2.31. The summed E-state index contributed by atoms with van der Waals surface area (Å²) in [7, 11) is 0. The second-order valence-corrected chi connectivity index (χ2v) is 5.05. The monoisotopic (exact) mass is 274 g/mol. The molecule has 0 radical (unpaired) electrons. The van der Waals surface area contributed by atoms with Crippen LogP contribution in [-0.4, -0.2) is 41.3 Å². The first-order chi connectivity index (χ1) is 9.70. The van der Waals surface area contributed by atoms with Crippen molar-refractivity contribution in [2.45, 2.75) is 26.2 Å². The minimum absolute atomic E-state index is 0.0802. The Labute approximate surface area is 117 Å². The highest BCUT2D eigenvalue weighted by atomic mass is 16.2. The molecule has 3 heterocycles. The number of aromatic nitrogens is 2. The van der Waals surface area contributed by atoms with Gasteiger partial charge in [0.25, 0.3) is 5.91 Å². The molecule has 0 aromatic carbocycles. The summed E-state index contributed by atoms with van der Waals surface area (Å²) in [6, 6.07) is 0. The van der Waals surface area contributed by atoms with E-state index in [1.54, 1.807) is 0 Å². The Bertz CT molecular complexity index is 564. The van der Waals surface area contributed by atoms with Gasteiger partial charge in [-0.2, -0.15) is 4.98 Å². The molecule has 7 nitrogen and oxygen atoms in total. The molecule has 1 fully saturated rings. The van der Waals surface area contributed by atoms with Gasteiger partial charge in [0.05, 0.1) is 5.56 Å². The molecule has 1 amide bonds. The molecular formula is C13H18N6O. The van der Waals surface area contributed by atoms with Gasteiger partial charge in [-0.15, -0.1) is 0 Å². The maximum absolute atomic E-state index is 11.9. The van der Waals surface area contributed by atoms with Crippen molar-refractivity contribution in [2.75, 3.05) is 29.9 Å². The first-order valence-electron chi connectivity index (χ1n) is 7.02. The molecule has 106 valence electrons. The molecule has 0 saturated carbocycles. The zero-order chi connectivity index (χ0) is 14.1. The fourth-order valence-electron chi connectivity index (χ4n) is 2.52. The SMILES string of the molecule is CCCNc1nc(N2CCCC2)nc2c1C(=N)NC2=O. The van der Waals surface area contributed by atoms with Crippen LogP contribution in [0.3, 0.4) is 0 Å². The van der Waals surface area contributed by atoms with E-state index >= 15 is 0 Å². The van der Waals surface area contributed by atoms with Crippen molar-refractivity contribution in [2.24, 2.45) is 0 Å². The van der Waals surface area contributed by atoms with Crippen LogP contribution in [0, 0.1) is 5.41 Å². The van der Waals surface area contributed by atoms with Gasteiger partial charge < -0.3 is 15.5 Å². The summed E-state index contributed by atoms with van der Waals surface area (Å²) in [5.41, 5.74) is 0.803. The summed E-state index contributed by atoms with van der Waals surface area (Å²) in [6.07, 6.45) is 3.20. The molecule has 0 unspecified atom stereocenters. The number of amidine groups is 1. The molecule has 1 aromatic heterocycles. The third-order valence-electron chi connectivity index (χ3n) is 3.53. The Balaban J connectivity index is 2.04. The lowest BCUT2D eigenvalue weighted by Gasteiger charge is -2.17. The van der Waals surface area contributed by atoms with E-state index in [1.807, 2.05) is 0 Å². The molecule has 3 rings (SSSR count). The van der Waals surface area contributed by atoms with E-state index in [2.05, 4.69) is 32.4 Å². The van der Waals surface area contributed by atoms with Gasteiger partial charge in [0, 0.05) is 19.6 Å². The van der Waals surface area contributed by atoms with Crippen molar-refractivity contribution >= 4 is 23.5 Å². The van der Waals surface area contributed by atoms with Gasteiger partial charge in [-0.25, -0.2) is 4.98 Å². The van der Waals surface area contributed by atoms with Crippen molar-refractivity contribution in [1.29, 1.82) is 5.41 Å². The normalized spacial score (nSPS) is 17.4. The number of rotatable bonds is 4. The van der Waals surface area contributed by atoms with Gasteiger partial charge in [-0.3, -0.25) is 10.2 Å². The van der Waals surface area contributed by atoms with E-state index in [0.29, 0.717) is 23.0 Å². The molecule has 2 aliphatic heterocycles. The van der Waals surface area contributed by atoms with Gasteiger partial charge in [0.2, 0.25) is 5.95 Å². The quantitative estimate of drug-likeness (QED) is 0.760. The van der Waals surface area contributed by atoms with E-state index < -0.39 is 0 Å². The number of nitrogens with one attached hydrogen (secondary N) is 3. The van der Waals surface area contributed by atoms with E-state index in [1.165, 1.54) is 0 Å². The average Bonchev–Trinajstić information content (AvgIpc) is 3.05. The van der Waals surface area contributed by atoms with Gasteiger partial charge in [-0.05, 0) is 19.3 Å². The number of carbonyl (C=O) groups excluding carboxylic acids is 1. The van der Waals surface area contributed by atoms with Crippen LogP contribution in [0.4, 0.5) is 11.8 Å². The van der Waals surface area contributed by atoms with Crippen LogP contribution in [0.2, 0.25) is 0 Å². The predicted molar refractivity (Wildman–Crippen MR) is 76.6 cm³/mol. The van der Waals surface area contributed by atoms with Crippen LogP contribution in [-0.2, 0) is 0 Å². The smallest absolute Gasteiger partial charge is 0.276 e. The molecule has 0 spiro atoms. The Morgan fingerprint density at radius 2 is 2.10 bits per heavy atom. The fourth-order valence-corrected chi connectivity index (χ4v) is 2.52. The summed E-state index contributed by atoms with van der Waals surface area (Å²) in [6.45, 7) is 4.66. The minimum atomic E-state index is -0.313. The topological polar surface area (TPSA) is 94.0 Å². The third kappa shape index (κ3) is 2.09. The maximum atomic E-state index is 11.9.